The summed E-state index contributed by atoms with van der Waals surface area (Å²) >= 11 is 0. The predicted octanol–water partition coefficient (Wildman–Crippen LogP) is 4.13. The molecule has 0 bridgehead atoms. The lowest BCUT2D eigenvalue weighted by atomic mass is 9.91. The van der Waals surface area contributed by atoms with Crippen molar-refractivity contribution >= 4 is 22.6 Å². The number of rotatable bonds is 5. The Morgan fingerprint density at radius 2 is 2.09 bits per heavy atom. The molecule has 1 aromatic carbocycles. The lowest BCUT2D eigenvalue weighted by molar-refractivity contribution is 0.0248. The van der Waals surface area contributed by atoms with Crippen LogP contribution in [0.1, 0.15) is 65.5 Å². The Morgan fingerprint density at radius 1 is 1.29 bits per heavy atom. The molecule has 0 saturated carbocycles. The zero-order valence-electron chi connectivity index (χ0n) is 20.0. The summed E-state index contributed by atoms with van der Waals surface area (Å²) < 4.78 is 11.4. The maximum absolute atomic E-state index is 14.0. The molecular weight excluding hydrogens is 442 g/mol. The summed E-state index contributed by atoms with van der Waals surface area (Å²) in [5.74, 6) is 0.763. The largest absolute Gasteiger partial charge is 0.383 e. The Kier molecular flexibility index (Phi) is 6.37. The normalized spacial score (nSPS) is 18.7. The third-order valence-corrected chi connectivity index (χ3v) is 7.28. The molecule has 2 N–H and O–H groups in total. The van der Waals surface area contributed by atoms with Crippen molar-refractivity contribution in [3.8, 4) is 6.07 Å². The van der Waals surface area contributed by atoms with E-state index in [4.69, 9.17) is 20.5 Å². The zero-order valence-corrected chi connectivity index (χ0v) is 20.0. The highest BCUT2D eigenvalue weighted by molar-refractivity contribution is 5.99. The van der Waals surface area contributed by atoms with Gasteiger partial charge >= 0.3 is 0 Å². The molecule has 1 fully saturated rings. The van der Waals surface area contributed by atoms with Crippen molar-refractivity contribution in [1.29, 1.82) is 5.26 Å². The summed E-state index contributed by atoms with van der Waals surface area (Å²) in [6.45, 7) is 6.30. The van der Waals surface area contributed by atoms with E-state index in [1.54, 1.807) is 12.3 Å². The number of hydrogen-bond acceptors (Lipinski definition) is 7. The minimum absolute atomic E-state index is 0.00171. The van der Waals surface area contributed by atoms with Gasteiger partial charge in [-0.1, -0.05) is 0 Å². The summed E-state index contributed by atoms with van der Waals surface area (Å²) in [4.78, 5) is 24.9. The summed E-state index contributed by atoms with van der Waals surface area (Å²) in [5.41, 5.74) is 10.7. The third kappa shape index (κ3) is 4.45. The summed E-state index contributed by atoms with van der Waals surface area (Å²) in [7, 11) is 0. The van der Waals surface area contributed by atoms with Crippen molar-refractivity contribution in [2.75, 3.05) is 18.9 Å². The van der Waals surface area contributed by atoms with Crippen LogP contribution < -0.4 is 5.73 Å². The molecule has 2 aliphatic rings. The molecule has 0 aliphatic carbocycles. The number of aromatic nitrogens is 2. The molecule has 0 unspecified atom stereocenters. The number of nitrogens with zero attached hydrogens (tertiary/aromatic N) is 4. The molecule has 2 atom stereocenters. The molecule has 2 aromatic heterocycles. The second-order valence-electron chi connectivity index (χ2n) is 9.35. The van der Waals surface area contributed by atoms with Gasteiger partial charge in [0.2, 0.25) is 0 Å². The van der Waals surface area contributed by atoms with E-state index in [1.807, 2.05) is 36.1 Å². The van der Waals surface area contributed by atoms with Crippen LogP contribution in [0.4, 0.5) is 5.82 Å². The second-order valence-corrected chi connectivity index (χ2v) is 9.35. The number of amides is 1. The van der Waals surface area contributed by atoms with Crippen LogP contribution >= 0.6 is 0 Å². The first-order chi connectivity index (χ1) is 17.0. The van der Waals surface area contributed by atoms with Gasteiger partial charge in [0.25, 0.3) is 5.91 Å². The highest BCUT2D eigenvalue weighted by atomic mass is 16.5. The molecule has 35 heavy (non-hydrogen) atoms. The number of fused-ring (bicyclic) bond motifs is 3. The maximum atomic E-state index is 14.0. The first-order valence-corrected chi connectivity index (χ1v) is 12.0. The smallest absolute Gasteiger partial charge is 0.254 e. The Morgan fingerprint density at radius 3 is 2.80 bits per heavy atom. The molecule has 0 radical (unpaired) electrons. The van der Waals surface area contributed by atoms with Gasteiger partial charge in [-0.2, -0.15) is 5.26 Å². The molecule has 180 valence electrons. The number of nitrogens with two attached hydrogens (primary N) is 1. The topological polar surface area (TPSA) is 114 Å². The molecule has 1 saturated heterocycles. The van der Waals surface area contributed by atoms with E-state index in [0.29, 0.717) is 49.2 Å². The average Bonchev–Trinajstić information content (AvgIpc) is 3.29. The molecular formula is C27H29N5O3. The minimum atomic E-state index is -0.117. The monoisotopic (exact) mass is 471 g/mol. The Labute approximate surface area is 204 Å². The minimum Gasteiger partial charge on any atom is -0.383 e. The number of carbonyl (C=O) groups excluding carboxylic acids is 1. The van der Waals surface area contributed by atoms with E-state index in [9.17, 15) is 4.79 Å². The summed E-state index contributed by atoms with van der Waals surface area (Å²) in [5, 5.41) is 10.0. The van der Waals surface area contributed by atoms with Crippen LogP contribution in [0, 0.1) is 17.2 Å². The lowest BCUT2D eigenvalue weighted by Gasteiger charge is -2.36. The fourth-order valence-corrected chi connectivity index (χ4v) is 5.18. The fraction of sp³-hybridized carbons (Fsp3) is 0.407. The van der Waals surface area contributed by atoms with Crippen molar-refractivity contribution in [3.05, 3.63) is 64.5 Å². The SMILES string of the molecule is C[C@H]1OCc2c1c(N)nc1ccc(C(=O)N(Cc3ccc(C#N)cn3)[C@@H](C)C3CCOCC3)cc21. The number of pyridine rings is 2. The van der Waals surface area contributed by atoms with Crippen LogP contribution in [-0.2, 0) is 22.6 Å². The number of benzene rings is 1. The van der Waals surface area contributed by atoms with Gasteiger partial charge in [-0.05, 0) is 68.5 Å². The number of hydrogen-bond donors (Lipinski definition) is 1. The Bertz CT molecular complexity index is 1290. The van der Waals surface area contributed by atoms with Crippen molar-refractivity contribution in [2.45, 2.75) is 52.0 Å². The second kappa shape index (κ2) is 9.61. The van der Waals surface area contributed by atoms with Gasteiger partial charge in [-0.15, -0.1) is 0 Å². The quantitative estimate of drug-likeness (QED) is 0.595. The van der Waals surface area contributed by atoms with Gasteiger partial charge in [-0.25, -0.2) is 4.98 Å². The van der Waals surface area contributed by atoms with Crippen LogP contribution in [0.2, 0.25) is 0 Å². The third-order valence-electron chi connectivity index (χ3n) is 7.28. The summed E-state index contributed by atoms with van der Waals surface area (Å²) in [6, 6.07) is 11.2. The molecule has 2 aliphatic heterocycles. The van der Waals surface area contributed by atoms with Crippen LogP contribution in [0.3, 0.4) is 0 Å². The molecule has 8 heteroatoms. The molecule has 5 rings (SSSR count). The fourth-order valence-electron chi connectivity index (χ4n) is 5.18. The Balaban J connectivity index is 1.51. The van der Waals surface area contributed by atoms with Crippen LogP contribution in [0.5, 0.6) is 0 Å². The lowest BCUT2D eigenvalue weighted by Crippen LogP contribution is -2.44. The van der Waals surface area contributed by atoms with Crippen molar-refractivity contribution in [2.24, 2.45) is 5.92 Å². The number of anilines is 1. The van der Waals surface area contributed by atoms with Gasteiger partial charge in [0.05, 0.1) is 36.0 Å². The summed E-state index contributed by atoms with van der Waals surface area (Å²) in [6.07, 6.45) is 3.26. The van der Waals surface area contributed by atoms with Gasteiger partial charge < -0.3 is 20.1 Å². The number of nitrogen functional groups attached to an aromatic ring is 1. The number of nitriles is 1. The molecule has 0 spiro atoms. The van der Waals surface area contributed by atoms with E-state index in [2.05, 4.69) is 23.0 Å². The highest BCUT2D eigenvalue weighted by Crippen LogP contribution is 2.38. The van der Waals surface area contributed by atoms with Crippen molar-refractivity contribution in [3.63, 3.8) is 0 Å². The van der Waals surface area contributed by atoms with E-state index in [-0.39, 0.29) is 18.1 Å². The first-order valence-electron chi connectivity index (χ1n) is 12.0. The van der Waals surface area contributed by atoms with Gasteiger partial charge in [0.15, 0.2) is 0 Å². The van der Waals surface area contributed by atoms with Gasteiger partial charge in [-0.3, -0.25) is 9.78 Å². The standard InChI is InChI=1S/C27H29N5O3/c1-16(19-7-9-34-10-8-19)32(14-21-5-3-18(12-28)13-30-21)27(33)20-4-6-24-22(11-20)23-15-35-17(2)25(23)26(29)31-24/h3-6,11,13,16-17,19H,7-10,14-15H2,1-2H3,(H2,29,31)/t16-,17+/m0/s1. The van der Waals surface area contributed by atoms with Crippen LogP contribution in [0.25, 0.3) is 10.9 Å². The van der Waals surface area contributed by atoms with E-state index < -0.39 is 0 Å². The molecule has 8 nitrogen and oxygen atoms in total. The van der Waals surface area contributed by atoms with Gasteiger partial charge in [0, 0.05) is 42.0 Å². The molecule has 4 heterocycles. The van der Waals surface area contributed by atoms with Gasteiger partial charge in [0.1, 0.15) is 11.9 Å². The molecule has 1 amide bonds. The molecule has 3 aromatic rings. The van der Waals surface area contributed by atoms with Crippen molar-refractivity contribution in [1.82, 2.24) is 14.9 Å². The Hall–Kier alpha value is -3.54. The zero-order chi connectivity index (χ0) is 24.5. The predicted molar refractivity (Wildman–Crippen MR) is 131 cm³/mol. The van der Waals surface area contributed by atoms with E-state index >= 15 is 0 Å². The maximum Gasteiger partial charge on any atom is 0.254 e. The number of carbonyl (C=O) groups is 1. The highest BCUT2D eigenvalue weighted by Gasteiger charge is 2.31. The number of ether oxygens (including phenoxy) is 2. The van der Waals surface area contributed by atoms with Crippen LogP contribution in [-0.4, -0.2) is 40.0 Å². The van der Waals surface area contributed by atoms with E-state index in [1.165, 1.54) is 0 Å². The van der Waals surface area contributed by atoms with Crippen molar-refractivity contribution < 1.29 is 14.3 Å². The van der Waals surface area contributed by atoms with E-state index in [0.717, 1.165) is 40.6 Å². The van der Waals surface area contributed by atoms with Crippen LogP contribution in [0.15, 0.2) is 36.5 Å². The average molecular weight is 472 g/mol. The first kappa shape index (κ1) is 23.2.